The van der Waals surface area contributed by atoms with Gasteiger partial charge < -0.3 is 15.2 Å². The van der Waals surface area contributed by atoms with Crippen LogP contribution in [0.4, 0.5) is 9.93 Å². The number of methoxy groups -OCH3 is 1. The van der Waals surface area contributed by atoms with Crippen molar-refractivity contribution >= 4 is 28.5 Å². The number of aromatic nitrogens is 1. The summed E-state index contributed by atoms with van der Waals surface area (Å²) in [6.45, 7) is 0.938. The van der Waals surface area contributed by atoms with Crippen molar-refractivity contribution in [3.63, 3.8) is 0 Å². The third kappa shape index (κ3) is 4.57. The molecule has 3 N–H and O–H groups in total. The number of hydrogen-bond donors (Lipinski definition) is 3. The van der Waals surface area contributed by atoms with Gasteiger partial charge in [-0.2, -0.15) is 0 Å². The molecule has 1 heterocycles. The van der Waals surface area contributed by atoms with Gasteiger partial charge in [0.1, 0.15) is 0 Å². The van der Waals surface area contributed by atoms with E-state index in [2.05, 4.69) is 15.6 Å². The van der Waals surface area contributed by atoms with Crippen LogP contribution in [0.5, 0.6) is 5.06 Å². The molecule has 0 radical (unpaired) electrons. The molecule has 0 unspecified atom stereocenters. The van der Waals surface area contributed by atoms with Crippen LogP contribution in [-0.4, -0.2) is 59.3 Å². The van der Waals surface area contributed by atoms with Crippen LogP contribution in [-0.2, 0) is 4.79 Å². The SMILES string of the molecule is COc1cnc(NC(=O)NC2CC(N(CC(=O)O)CC3CC3)C2)s1. The lowest BCUT2D eigenvalue weighted by Crippen LogP contribution is -2.55. The predicted molar refractivity (Wildman–Crippen MR) is 89.6 cm³/mol. The highest BCUT2D eigenvalue weighted by atomic mass is 32.1. The van der Waals surface area contributed by atoms with E-state index in [-0.39, 0.29) is 24.7 Å². The molecule has 0 aliphatic heterocycles. The third-order valence-electron chi connectivity index (χ3n) is 4.40. The minimum atomic E-state index is -0.789. The Morgan fingerprint density at radius 2 is 2.21 bits per heavy atom. The summed E-state index contributed by atoms with van der Waals surface area (Å²) in [5, 5.41) is 15.8. The number of anilines is 1. The van der Waals surface area contributed by atoms with E-state index in [0.29, 0.717) is 16.1 Å². The van der Waals surface area contributed by atoms with E-state index in [1.54, 1.807) is 13.3 Å². The molecule has 132 valence electrons. The molecular formula is C15H22N4O4S. The highest BCUT2D eigenvalue weighted by molar-refractivity contribution is 7.17. The number of carbonyl (C=O) groups excluding carboxylic acids is 1. The molecule has 8 nitrogen and oxygen atoms in total. The van der Waals surface area contributed by atoms with E-state index in [1.165, 1.54) is 24.2 Å². The fourth-order valence-electron chi connectivity index (χ4n) is 2.88. The van der Waals surface area contributed by atoms with Gasteiger partial charge in [-0.25, -0.2) is 9.78 Å². The van der Waals surface area contributed by atoms with E-state index < -0.39 is 5.97 Å². The molecule has 2 amide bonds. The number of carbonyl (C=O) groups is 2. The fourth-order valence-corrected chi connectivity index (χ4v) is 3.51. The largest absolute Gasteiger partial charge is 0.486 e. The second kappa shape index (κ2) is 7.35. The molecule has 2 fully saturated rings. The number of amides is 2. The van der Waals surface area contributed by atoms with E-state index in [0.717, 1.165) is 19.4 Å². The first-order valence-electron chi connectivity index (χ1n) is 8.06. The van der Waals surface area contributed by atoms with Crippen molar-refractivity contribution in [2.75, 3.05) is 25.5 Å². The van der Waals surface area contributed by atoms with Crippen molar-refractivity contribution in [2.24, 2.45) is 5.92 Å². The zero-order valence-corrected chi connectivity index (χ0v) is 14.3. The zero-order chi connectivity index (χ0) is 17.1. The summed E-state index contributed by atoms with van der Waals surface area (Å²) in [6, 6.07) is 0.0294. The monoisotopic (exact) mass is 354 g/mol. The molecule has 3 rings (SSSR count). The van der Waals surface area contributed by atoms with Crippen molar-refractivity contribution in [1.82, 2.24) is 15.2 Å². The first kappa shape index (κ1) is 17.0. The maximum atomic E-state index is 12.0. The summed E-state index contributed by atoms with van der Waals surface area (Å²) in [6.07, 6.45) is 5.53. The van der Waals surface area contributed by atoms with Crippen LogP contribution in [0.2, 0.25) is 0 Å². The van der Waals surface area contributed by atoms with Crippen molar-refractivity contribution in [2.45, 2.75) is 37.8 Å². The number of aliphatic carboxylic acids is 1. The van der Waals surface area contributed by atoms with E-state index in [4.69, 9.17) is 9.84 Å². The molecule has 2 saturated carbocycles. The summed E-state index contributed by atoms with van der Waals surface area (Å²) in [5.41, 5.74) is 0. The van der Waals surface area contributed by atoms with E-state index >= 15 is 0 Å². The van der Waals surface area contributed by atoms with Crippen molar-refractivity contribution in [3.8, 4) is 5.06 Å². The Kier molecular flexibility index (Phi) is 5.20. The van der Waals surface area contributed by atoms with Gasteiger partial charge in [-0.1, -0.05) is 11.3 Å². The highest BCUT2D eigenvalue weighted by Crippen LogP contribution is 2.33. The number of nitrogens with zero attached hydrogens (tertiary/aromatic N) is 2. The second-order valence-corrected chi connectivity index (χ2v) is 7.37. The van der Waals surface area contributed by atoms with Gasteiger partial charge in [0.25, 0.3) is 0 Å². The minimum Gasteiger partial charge on any atom is -0.486 e. The van der Waals surface area contributed by atoms with Gasteiger partial charge >= 0.3 is 12.0 Å². The van der Waals surface area contributed by atoms with Crippen LogP contribution in [0.25, 0.3) is 0 Å². The van der Waals surface area contributed by atoms with Crippen LogP contribution in [0.1, 0.15) is 25.7 Å². The van der Waals surface area contributed by atoms with Crippen LogP contribution >= 0.6 is 11.3 Å². The van der Waals surface area contributed by atoms with Gasteiger partial charge in [-0.05, 0) is 31.6 Å². The summed E-state index contributed by atoms with van der Waals surface area (Å²) in [4.78, 5) is 29.0. The molecule has 0 atom stereocenters. The molecule has 0 saturated heterocycles. The lowest BCUT2D eigenvalue weighted by atomic mass is 9.85. The molecule has 24 heavy (non-hydrogen) atoms. The lowest BCUT2D eigenvalue weighted by Gasteiger charge is -2.42. The molecule has 0 bridgehead atoms. The van der Waals surface area contributed by atoms with Crippen LogP contribution in [0, 0.1) is 5.92 Å². The maximum absolute atomic E-state index is 12.0. The van der Waals surface area contributed by atoms with Crippen molar-refractivity contribution in [3.05, 3.63) is 6.20 Å². The fraction of sp³-hybridized carbons (Fsp3) is 0.667. The number of thiazole rings is 1. The van der Waals surface area contributed by atoms with Gasteiger partial charge in [0.15, 0.2) is 10.2 Å². The zero-order valence-electron chi connectivity index (χ0n) is 13.5. The normalized spacial score (nSPS) is 22.8. The number of carboxylic acid groups (broad SMARTS) is 1. The third-order valence-corrected chi connectivity index (χ3v) is 5.27. The van der Waals surface area contributed by atoms with Crippen molar-refractivity contribution in [1.29, 1.82) is 0 Å². The molecule has 2 aliphatic carbocycles. The number of rotatable bonds is 8. The molecule has 0 spiro atoms. The number of urea groups is 1. The average Bonchev–Trinajstić information content (AvgIpc) is 3.18. The Labute approximate surface area is 144 Å². The second-order valence-electron chi connectivity index (χ2n) is 6.38. The maximum Gasteiger partial charge on any atom is 0.321 e. The molecule has 1 aromatic rings. The van der Waals surface area contributed by atoms with Gasteiger partial charge in [0.2, 0.25) is 0 Å². The highest BCUT2D eigenvalue weighted by Gasteiger charge is 2.37. The topological polar surface area (TPSA) is 104 Å². The number of carboxylic acids is 1. The van der Waals surface area contributed by atoms with Gasteiger partial charge in [-0.3, -0.25) is 15.0 Å². The number of nitrogens with one attached hydrogen (secondary N) is 2. The standard InChI is InChI=1S/C15H22N4O4S/c1-23-13-6-16-15(24-13)18-14(22)17-10-4-11(5-10)19(8-12(20)21)7-9-2-3-9/h6,9-11H,2-5,7-8H2,1H3,(H,20,21)(H2,16,17,18,22). The molecule has 9 heteroatoms. The smallest absolute Gasteiger partial charge is 0.321 e. The Morgan fingerprint density at radius 1 is 1.46 bits per heavy atom. The van der Waals surface area contributed by atoms with Gasteiger partial charge in [0, 0.05) is 18.6 Å². The van der Waals surface area contributed by atoms with Gasteiger partial charge in [-0.15, -0.1) is 0 Å². The van der Waals surface area contributed by atoms with Crippen LogP contribution in [0.3, 0.4) is 0 Å². The van der Waals surface area contributed by atoms with Crippen molar-refractivity contribution < 1.29 is 19.4 Å². The Balaban J connectivity index is 1.41. The summed E-state index contributed by atoms with van der Waals surface area (Å²) >= 11 is 1.26. The summed E-state index contributed by atoms with van der Waals surface area (Å²) in [5.74, 6) is -0.137. The van der Waals surface area contributed by atoms with Crippen LogP contribution < -0.4 is 15.4 Å². The predicted octanol–water partition coefficient (Wildman–Crippen LogP) is 1.60. The quantitative estimate of drug-likeness (QED) is 0.655. The minimum absolute atomic E-state index is 0.0763. The molecule has 2 aliphatic rings. The summed E-state index contributed by atoms with van der Waals surface area (Å²) in [7, 11) is 1.55. The average molecular weight is 354 g/mol. The Morgan fingerprint density at radius 3 is 2.79 bits per heavy atom. The van der Waals surface area contributed by atoms with E-state index in [9.17, 15) is 9.59 Å². The molecular weight excluding hydrogens is 332 g/mol. The number of hydrogen-bond acceptors (Lipinski definition) is 6. The first-order valence-corrected chi connectivity index (χ1v) is 8.88. The molecule has 1 aromatic heterocycles. The van der Waals surface area contributed by atoms with E-state index in [1.807, 2.05) is 4.90 Å². The van der Waals surface area contributed by atoms with Gasteiger partial charge in [0.05, 0.1) is 19.9 Å². The molecule has 0 aromatic carbocycles. The number of ether oxygens (including phenoxy) is 1. The Bertz CT molecular complexity index is 598. The summed E-state index contributed by atoms with van der Waals surface area (Å²) < 4.78 is 5.03. The lowest BCUT2D eigenvalue weighted by molar-refractivity contribution is -0.139. The first-order chi connectivity index (χ1) is 11.5. The Hall–Kier alpha value is -1.87. The van der Waals surface area contributed by atoms with Crippen LogP contribution in [0.15, 0.2) is 6.20 Å².